The van der Waals surface area contributed by atoms with Gasteiger partial charge in [-0.15, -0.1) is 0 Å². The molecule has 40 heavy (non-hydrogen) atoms. The first-order chi connectivity index (χ1) is 18.9. The third-order valence-corrected chi connectivity index (χ3v) is 12.0. The number of benzene rings is 1. The Morgan fingerprint density at radius 3 is 2.65 bits per heavy atom. The smallest absolute Gasteiger partial charge is 0.331 e. The number of carbonyl (C=O) groups is 2. The second-order valence-corrected chi connectivity index (χ2v) is 14.1. The normalized spacial score (nSPS) is 42.5. The molecule has 1 amide bonds. The van der Waals surface area contributed by atoms with Gasteiger partial charge in [-0.05, 0) is 115 Å². The van der Waals surface area contributed by atoms with E-state index in [1.54, 1.807) is 24.4 Å². The molecule has 10 heteroatoms. The Balaban J connectivity index is 1.32. The van der Waals surface area contributed by atoms with E-state index in [2.05, 4.69) is 40.0 Å². The molecule has 8 atom stereocenters. The van der Waals surface area contributed by atoms with Crippen molar-refractivity contribution < 1.29 is 34.8 Å². The minimum atomic E-state index is -1.22. The number of cyclic esters (lactones) is 1. The lowest BCUT2D eigenvalue weighted by molar-refractivity contribution is -0.237. The summed E-state index contributed by atoms with van der Waals surface area (Å²) in [5.41, 5.74) is 0.165. The van der Waals surface area contributed by atoms with E-state index in [0.717, 1.165) is 28.4 Å². The SMILES string of the molecule is CC12CC[C@H]3[C@@H](CCC4(O)C[C@H](O)CCC34/C=N/NC(=O)c3cc(I)ccc3O)C1(O)CCC2C1=CC(=O)OC1. The summed E-state index contributed by atoms with van der Waals surface area (Å²) in [6, 6.07) is 4.74. The van der Waals surface area contributed by atoms with Gasteiger partial charge in [-0.3, -0.25) is 4.79 Å². The number of phenols is 1. The first-order valence-electron chi connectivity index (χ1n) is 14.3. The minimum absolute atomic E-state index is 0.0594. The quantitative estimate of drug-likeness (QED) is 0.143. The average Bonchev–Trinajstić information content (AvgIpc) is 3.45. The molecule has 0 aromatic heterocycles. The van der Waals surface area contributed by atoms with E-state index in [1.165, 1.54) is 6.07 Å². The van der Waals surface area contributed by atoms with Crippen molar-refractivity contribution in [3.8, 4) is 5.75 Å². The van der Waals surface area contributed by atoms with Crippen LogP contribution in [0.2, 0.25) is 0 Å². The van der Waals surface area contributed by atoms with Gasteiger partial charge in [0.15, 0.2) is 0 Å². The molecule has 1 aromatic rings. The summed E-state index contributed by atoms with van der Waals surface area (Å²) in [5, 5.41) is 49.7. The number of amides is 1. The molecule has 0 radical (unpaired) electrons. The highest BCUT2D eigenvalue weighted by atomic mass is 127. The van der Waals surface area contributed by atoms with Gasteiger partial charge in [-0.1, -0.05) is 6.92 Å². The van der Waals surface area contributed by atoms with E-state index < -0.39 is 34.0 Å². The van der Waals surface area contributed by atoms with Crippen molar-refractivity contribution in [3.05, 3.63) is 39.0 Å². The number of hydrogen-bond acceptors (Lipinski definition) is 8. The zero-order chi connectivity index (χ0) is 28.5. The number of fused-ring (bicyclic) bond motifs is 5. The number of nitrogens with one attached hydrogen (secondary N) is 1. The molecule has 5 N–H and O–H groups in total. The van der Waals surface area contributed by atoms with E-state index in [1.807, 2.05) is 0 Å². The fraction of sp³-hybridized carbons (Fsp3) is 0.633. The summed E-state index contributed by atoms with van der Waals surface area (Å²) in [7, 11) is 0. The summed E-state index contributed by atoms with van der Waals surface area (Å²) in [6.07, 6.45) is 7.74. The Labute approximate surface area is 247 Å². The van der Waals surface area contributed by atoms with Crippen molar-refractivity contribution in [1.82, 2.24) is 5.43 Å². The topological polar surface area (TPSA) is 149 Å². The molecular weight excluding hydrogens is 627 g/mol. The van der Waals surface area contributed by atoms with Gasteiger partial charge in [0.2, 0.25) is 0 Å². The second kappa shape index (κ2) is 9.78. The Hall–Kier alpha value is -2.02. The van der Waals surface area contributed by atoms with E-state index in [9.17, 15) is 30.0 Å². The predicted molar refractivity (Wildman–Crippen MR) is 154 cm³/mol. The molecular formula is C30H37IN2O7. The first-order valence-corrected chi connectivity index (χ1v) is 15.3. The third-order valence-electron chi connectivity index (χ3n) is 11.3. The molecule has 216 valence electrons. The number of aliphatic hydroxyl groups excluding tert-OH is 1. The number of halogens is 1. The summed E-state index contributed by atoms with van der Waals surface area (Å²) < 4.78 is 6.02. The molecule has 4 fully saturated rings. The van der Waals surface area contributed by atoms with Gasteiger partial charge in [0.25, 0.3) is 5.91 Å². The Bertz CT molecular complexity index is 1300. The number of rotatable bonds is 4. The van der Waals surface area contributed by atoms with E-state index in [-0.39, 0.29) is 48.1 Å². The number of hydrazone groups is 1. The van der Waals surface area contributed by atoms with Gasteiger partial charge < -0.3 is 25.2 Å². The van der Waals surface area contributed by atoms with E-state index in [0.29, 0.717) is 32.1 Å². The fourth-order valence-electron chi connectivity index (χ4n) is 9.32. The summed E-state index contributed by atoms with van der Waals surface area (Å²) >= 11 is 2.07. The lowest BCUT2D eigenvalue weighted by Gasteiger charge is -2.65. The van der Waals surface area contributed by atoms with Gasteiger partial charge in [-0.25, -0.2) is 10.2 Å². The number of hydrogen-bond donors (Lipinski definition) is 5. The molecule has 1 heterocycles. The van der Waals surface area contributed by atoms with Crippen LogP contribution in [0.5, 0.6) is 5.75 Å². The van der Waals surface area contributed by atoms with Crippen LogP contribution in [0.1, 0.15) is 75.1 Å². The zero-order valence-corrected chi connectivity index (χ0v) is 24.8. The number of aliphatic hydroxyl groups is 3. The van der Waals surface area contributed by atoms with Gasteiger partial charge in [0.05, 0.1) is 22.9 Å². The lowest BCUT2D eigenvalue weighted by Crippen LogP contribution is -2.68. The molecule has 0 saturated heterocycles. The predicted octanol–water partition coefficient (Wildman–Crippen LogP) is 3.43. The summed E-state index contributed by atoms with van der Waals surface area (Å²) in [4.78, 5) is 24.7. The van der Waals surface area contributed by atoms with Crippen molar-refractivity contribution >= 4 is 40.7 Å². The molecule has 1 aliphatic heterocycles. The molecule has 4 aliphatic carbocycles. The average molecular weight is 665 g/mol. The van der Waals surface area contributed by atoms with Crippen LogP contribution in [0.25, 0.3) is 0 Å². The first kappa shape index (κ1) is 28.1. The Kier molecular flexibility index (Phi) is 6.87. The standard InChI is InChI=1S/C30H37IN2O7/c1-27-8-5-22-23(30(27,39)11-7-21(27)17-12-25(36)40-15-17)6-10-29(38)14-19(34)4-9-28(22,29)16-32-33-26(37)20-13-18(31)2-3-24(20)35/h2-3,12-13,16,19,21-23,34-35,38-39H,4-11,14-15H2,1H3,(H,33,37)/b32-16+/t19-,21?,22+,23-,27?,28?,29?,30?/m1/s1. The molecule has 5 aliphatic rings. The maximum absolute atomic E-state index is 12.9. The molecule has 4 saturated carbocycles. The number of nitrogens with zero attached hydrogens (tertiary/aromatic N) is 1. The largest absolute Gasteiger partial charge is 0.507 e. The highest BCUT2D eigenvalue weighted by Crippen LogP contribution is 2.70. The molecule has 9 nitrogen and oxygen atoms in total. The maximum atomic E-state index is 12.9. The van der Waals surface area contributed by atoms with Crippen LogP contribution in [0.15, 0.2) is 34.9 Å². The second-order valence-electron chi connectivity index (χ2n) is 12.9. The van der Waals surface area contributed by atoms with Crippen LogP contribution in [-0.2, 0) is 9.53 Å². The number of ether oxygens (including phenoxy) is 1. The molecule has 6 rings (SSSR count). The van der Waals surface area contributed by atoms with Crippen molar-refractivity contribution in [2.45, 2.75) is 82.0 Å². The zero-order valence-electron chi connectivity index (χ0n) is 22.6. The van der Waals surface area contributed by atoms with Crippen molar-refractivity contribution in [2.24, 2.45) is 33.7 Å². The molecule has 1 aromatic carbocycles. The van der Waals surface area contributed by atoms with Crippen LogP contribution in [0.3, 0.4) is 0 Å². The van der Waals surface area contributed by atoms with E-state index >= 15 is 0 Å². The maximum Gasteiger partial charge on any atom is 0.331 e. The number of esters is 1. The highest BCUT2D eigenvalue weighted by Gasteiger charge is 2.71. The number of phenolic OH excluding ortho intramolecular Hbond substituents is 1. The van der Waals surface area contributed by atoms with Crippen LogP contribution in [0.4, 0.5) is 0 Å². The molecule has 0 bridgehead atoms. The molecule has 0 spiro atoms. The van der Waals surface area contributed by atoms with Crippen LogP contribution in [0, 0.1) is 32.2 Å². The minimum Gasteiger partial charge on any atom is -0.507 e. The Morgan fingerprint density at radius 2 is 1.90 bits per heavy atom. The van der Waals surface area contributed by atoms with Crippen LogP contribution >= 0.6 is 22.6 Å². The van der Waals surface area contributed by atoms with Gasteiger partial charge in [0, 0.05) is 33.1 Å². The van der Waals surface area contributed by atoms with Gasteiger partial charge >= 0.3 is 5.97 Å². The number of aromatic hydroxyl groups is 1. The third kappa shape index (κ3) is 4.07. The highest BCUT2D eigenvalue weighted by molar-refractivity contribution is 14.1. The monoisotopic (exact) mass is 664 g/mol. The summed E-state index contributed by atoms with van der Waals surface area (Å²) in [5.74, 6) is -1.16. The van der Waals surface area contributed by atoms with Crippen LogP contribution in [-0.4, -0.2) is 62.4 Å². The van der Waals surface area contributed by atoms with Crippen LogP contribution < -0.4 is 5.43 Å². The van der Waals surface area contributed by atoms with Gasteiger partial charge in [0.1, 0.15) is 12.4 Å². The van der Waals surface area contributed by atoms with Gasteiger partial charge in [-0.2, -0.15) is 5.10 Å². The number of carbonyl (C=O) groups excluding carboxylic acids is 2. The lowest BCUT2D eigenvalue weighted by atomic mass is 9.41. The molecule has 5 unspecified atom stereocenters. The Morgan fingerprint density at radius 1 is 1.12 bits per heavy atom. The van der Waals surface area contributed by atoms with Crippen molar-refractivity contribution in [3.63, 3.8) is 0 Å². The summed E-state index contributed by atoms with van der Waals surface area (Å²) in [6.45, 7) is 2.43. The van der Waals surface area contributed by atoms with Crippen molar-refractivity contribution in [2.75, 3.05) is 6.61 Å². The fourth-order valence-corrected chi connectivity index (χ4v) is 9.81. The van der Waals surface area contributed by atoms with Crippen molar-refractivity contribution in [1.29, 1.82) is 0 Å². The van der Waals surface area contributed by atoms with E-state index in [4.69, 9.17) is 4.74 Å².